The van der Waals surface area contributed by atoms with E-state index >= 15 is 0 Å². The molecule has 0 aliphatic heterocycles. The fourth-order valence-electron chi connectivity index (χ4n) is 3.04. The summed E-state index contributed by atoms with van der Waals surface area (Å²) < 4.78 is 2.17. The van der Waals surface area contributed by atoms with Crippen LogP contribution in [0.4, 0.5) is 5.95 Å². The molecule has 1 aromatic heterocycles. The topological polar surface area (TPSA) is 33.1 Å². The number of anilines is 1. The Balaban J connectivity index is 1.83. The number of imidazole rings is 1. The first-order valence-electron chi connectivity index (χ1n) is 7.53. The van der Waals surface area contributed by atoms with Crippen molar-refractivity contribution in [3.8, 4) is 0 Å². The molecular weight excluding hydrogens is 236 g/mol. The largest absolute Gasteiger partial charge is 0.348 e. The normalized spacial score (nSPS) is 23.6. The number of nitrogens with zero attached hydrogens (tertiary/aromatic N) is 3. The number of hydrogen-bond donors (Lipinski definition) is 1. The Bertz CT molecular complexity index is 389. The van der Waals surface area contributed by atoms with Crippen molar-refractivity contribution in [1.82, 2.24) is 14.9 Å². The first-order valence-corrected chi connectivity index (χ1v) is 7.53. The van der Waals surface area contributed by atoms with Crippen molar-refractivity contribution in [3.05, 3.63) is 11.9 Å². The van der Waals surface area contributed by atoms with Crippen molar-refractivity contribution in [2.75, 3.05) is 19.0 Å². The van der Waals surface area contributed by atoms with Crippen molar-refractivity contribution in [1.29, 1.82) is 0 Å². The Morgan fingerprint density at radius 3 is 2.53 bits per heavy atom. The van der Waals surface area contributed by atoms with Gasteiger partial charge in [0.15, 0.2) is 0 Å². The van der Waals surface area contributed by atoms with Crippen molar-refractivity contribution >= 4 is 5.95 Å². The Hall–Kier alpha value is -1.03. The standard InChI is InChI=1S/C15H28N4/c1-5-12-6-8-13(9-7-12)16-10-14-11-17-15(18(2)3)19(14)4/h11-13,16H,5-10H2,1-4H3. The maximum atomic E-state index is 4.45. The fraction of sp³-hybridized carbons (Fsp3) is 0.800. The zero-order chi connectivity index (χ0) is 13.8. The van der Waals surface area contributed by atoms with Crippen molar-refractivity contribution < 1.29 is 0 Å². The predicted octanol–water partition coefficient (Wildman–Crippen LogP) is 2.54. The predicted molar refractivity (Wildman–Crippen MR) is 80.4 cm³/mol. The highest BCUT2D eigenvalue weighted by atomic mass is 15.3. The van der Waals surface area contributed by atoms with E-state index in [4.69, 9.17) is 0 Å². The molecule has 0 aromatic carbocycles. The average molecular weight is 264 g/mol. The molecule has 0 saturated heterocycles. The summed E-state index contributed by atoms with van der Waals surface area (Å²) in [5, 5.41) is 3.70. The van der Waals surface area contributed by atoms with Gasteiger partial charge in [-0.15, -0.1) is 0 Å². The highest BCUT2D eigenvalue weighted by Gasteiger charge is 2.19. The molecule has 108 valence electrons. The van der Waals surface area contributed by atoms with Crippen LogP contribution in [0.3, 0.4) is 0 Å². The number of aromatic nitrogens is 2. The summed E-state index contributed by atoms with van der Waals surface area (Å²) in [6, 6.07) is 0.695. The summed E-state index contributed by atoms with van der Waals surface area (Å²) in [6.45, 7) is 3.25. The van der Waals surface area contributed by atoms with E-state index in [1.165, 1.54) is 37.8 Å². The number of nitrogens with one attached hydrogen (secondary N) is 1. The van der Waals surface area contributed by atoms with Gasteiger partial charge >= 0.3 is 0 Å². The van der Waals surface area contributed by atoms with E-state index in [0.29, 0.717) is 6.04 Å². The molecule has 1 fully saturated rings. The molecule has 0 bridgehead atoms. The molecule has 1 heterocycles. The molecular formula is C15H28N4. The fourth-order valence-corrected chi connectivity index (χ4v) is 3.04. The lowest BCUT2D eigenvalue weighted by Crippen LogP contribution is -2.33. The molecule has 0 atom stereocenters. The van der Waals surface area contributed by atoms with Gasteiger partial charge in [0, 0.05) is 33.7 Å². The Labute approximate surface area is 117 Å². The van der Waals surface area contributed by atoms with E-state index in [2.05, 4.69) is 33.7 Å². The summed E-state index contributed by atoms with van der Waals surface area (Å²) in [5.41, 5.74) is 1.27. The molecule has 1 aliphatic carbocycles. The molecule has 1 saturated carbocycles. The van der Waals surface area contributed by atoms with E-state index in [1.54, 1.807) is 0 Å². The first kappa shape index (κ1) is 14.4. The van der Waals surface area contributed by atoms with Gasteiger partial charge in [-0.1, -0.05) is 13.3 Å². The summed E-state index contributed by atoms with van der Waals surface area (Å²) in [5.74, 6) is 1.99. The molecule has 0 unspecified atom stereocenters. The lowest BCUT2D eigenvalue weighted by atomic mass is 9.84. The van der Waals surface area contributed by atoms with Gasteiger partial charge in [-0.05, 0) is 31.6 Å². The van der Waals surface area contributed by atoms with Crippen LogP contribution in [0.25, 0.3) is 0 Å². The van der Waals surface area contributed by atoms with Crippen LogP contribution in [-0.2, 0) is 13.6 Å². The quantitative estimate of drug-likeness (QED) is 0.887. The lowest BCUT2D eigenvalue weighted by Gasteiger charge is -2.28. The smallest absolute Gasteiger partial charge is 0.204 e. The number of hydrogen-bond acceptors (Lipinski definition) is 3. The van der Waals surface area contributed by atoms with E-state index in [1.807, 2.05) is 20.3 Å². The highest BCUT2D eigenvalue weighted by molar-refractivity contribution is 5.30. The Morgan fingerprint density at radius 2 is 2.00 bits per heavy atom. The van der Waals surface area contributed by atoms with Crippen LogP contribution in [-0.4, -0.2) is 29.7 Å². The van der Waals surface area contributed by atoms with E-state index in [9.17, 15) is 0 Å². The van der Waals surface area contributed by atoms with Gasteiger partial charge in [0.05, 0.1) is 11.9 Å². The van der Waals surface area contributed by atoms with Gasteiger partial charge in [0.25, 0.3) is 0 Å². The summed E-state index contributed by atoms with van der Waals surface area (Å²) in [6.07, 6.45) is 8.78. The van der Waals surface area contributed by atoms with Gasteiger partial charge in [0.2, 0.25) is 5.95 Å². The third-order valence-electron chi connectivity index (χ3n) is 4.46. The van der Waals surface area contributed by atoms with Gasteiger partial charge in [-0.2, -0.15) is 0 Å². The molecule has 0 radical (unpaired) electrons. The average Bonchev–Trinajstić information content (AvgIpc) is 2.78. The van der Waals surface area contributed by atoms with Gasteiger partial charge in [-0.25, -0.2) is 4.98 Å². The maximum absolute atomic E-state index is 4.45. The Kier molecular flexibility index (Phi) is 4.86. The van der Waals surface area contributed by atoms with Gasteiger partial charge in [0.1, 0.15) is 0 Å². The Morgan fingerprint density at radius 1 is 1.32 bits per heavy atom. The molecule has 0 spiro atoms. The monoisotopic (exact) mass is 264 g/mol. The molecule has 2 rings (SSSR count). The maximum Gasteiger partial charge on any atom is 0.204 e. The minimum Gasteiger partial charge on any atom is -0.348 e. The zero-order valence-electron chi connectivity index (χ0n) is 12.8. The second-order valence-electron chi connectivity index (χ2n) is 6.01. The van der Waals surface area contributed by atoms with Crippen molar-refractivity contribution in [2.45, 2.75) is 51.6 Å². The minimum absolute atomic E-state index is 0.695. The molecule has 1 N–H and O–H groups in total. The minimum atomic E-state index is 0.695. The van der Waals surface area contributed by atoms with Crippen molar-refractivity contribution in [3.63, 3.8) is 0 Å². The zero-order valence-corrected chi connectivity index (χ0v) is 12.8. The number of rotatable bonds is 5. The molecule has 4 heteroatoms. The van der Waals surface area contributed by atoms with Crippen LogP contribution in [0.1, 0.15) is 44.7 Å². The van der Waals surface area contributed by atoms with Gasteiger partial charge < -0.3 is 14.8 Å². The van der Waals surface area contributed by atoms with Crippen LogP contribution >= 0.6 is 0 Å². The third-order valence-corrected chi connectivity index (χ3v) is 4.46. The third kappa shape index (κ3) is 3.50. The molecule has 4 nitrogen and oxygen atoms in total. The van der Waals surface area contributed by atoms with E-state index in [-0.39, 0.29) is 0 Å². The molecule has 0 amide bonds. The second kappa shape index (κ2) is 6.42. The molecule has 1 aliphatic rings. The van der Waals surface area contributed by atoms with Crippen LogP contribution in [0.2, 0.25) is 0 Å². The lowest BCUT2D eigenvalue weighted by molar-refractivity contribution is 0.284. The van der Waals surface area contributed by atoms with E-state index in [0.717, 1.165) is 18.4 Å². The summed E-state index contributed by atoms with van der Waals surface area (Å²) >= 11 is 0. The molecule has 1 aromatic rings. The van der Waals surface area contributed by atoms with Crippen LogP contribution in [0.15, 0.2) is 6.20 Å². The van der Waals surface area contributed by atoms with Crippen LogP contribution in [0, 0.1) is 5.92 Å². The molecule has 19 heavy (non-hydrogen) atoms. The second-order valence-corrected chi connectivity index (χ2v) is 6.01. The summed E-state index contributed by atoms with van der Waals surface area (Å²) in [4.78, 5) is 6.50. The van der Waals surface area contributed by atoms with Crippen LogP contribution in [0.5, 0.6) is 0 Å². The summed E-state index contributed by atoms with van der Waals surface area (Å²) in [7, 11) is 6.16. The first-order chi connectivity index (χ1) is 9.11. The highest BCUT2D eigenvalue weighted by Crippen LogP contribution is 2.26. The van der Waals surface area contributed by atoms with E-state index < -0.39 is 0 Å². The van der Waals surface area contributed by atoms with Crippen molar-refractivity contribution in [2.24, 2.45) is 13.0 Å². The SMILES string of the molecule is CCC1CCC(NCc2cnc(N(C)C)n2C)CC1. The van der Waals surface area contributed by atoms with Gasteiger partial charge in [-0.3, -0.25) is 0 Å². The van der Waals surface area contributed by atoms with Crippen LogP contribution < -0.4 is 10.2 Å².